The Hall–Kier alpha value is -4.43. The van der Waals surface area contributed by atoms with Crippen LogP contribution in [0.2, 0.25) is 0 Å². The summed E-state index contributed by atoms with van der Waals surface area (Å²) >= 11 is 0. The van der Waals surface area contributed by atoms with Gasteiger partial charge in [-0.3, -0.25) is 4.79 Å². The summed E-state index contributed by atoms with van der Waals surface area (Å²) in [7, 11) is -4.22. The van der Waals surface area contributed by atoms with E-state index in [2.05, 4.69) is 24.9 Å². The number of nitrogens with one attached hydrogen (secondary N) is 2. The number of hydrogen-bond donors (Lipinski definition) is 3. The molecule has 2 aromatic carbocycles. The number of carbonyl (C=O) groups is 1. The maximum absolute atomic E-state index is 14.1. The van der Waals surface area contributed by atoms with Gasteiger partial charge >= 0.3 is 18.5 Å². The van der Waals surface area contributed by atoms with Crippen LogP contribution in [0.1, 0.15) is 35.5 Å². The van der Waals surface area contributed by atoms with E-state index in [0.29, 0.717) is 30.5 Å². The van der Waals surface area contributed by atoms with Crippen LogP contribution < -0.4 is 14.8 Å². The van der Waals surface area contributed by atoms with E-state index < -0.39 is 92.7 Å². The number of anilines is 1. The summed E-state index contributed by atoms with van der Waals surface area (Å²) in [5, 5.41) is 15.2. The van der Waals surface area contributed by atoms with E-state index in [0.717, 1.165) is 6.07 Å². The fourth-order valence-corrected chi connectivity index (χ4v) is 5.51. The summed E-state index contributed by atoms with van der Waals surface area (Å²) in [5.74, 6) is -2.46. The third-order valence-corrected chi connectivity index (χ3v) is 7.88. The van der Waals surface area contributed by atoms with Crippen molar-refractivity contribution in [1.29, 1.82) is 0 Å². The Balaban J connectivity index is 1.78. The molecule has 20 heteroatoms. The lowest BCUT2D eigenvalue weighted by molar-refractivity contribution is -0.158. The summed E-state index contributed by atoms with van der Waals surface area (Å²) < 4.78 is 153. The summed E-state index contributed by atoms with van der Waals surface area (Å²) in [5.41, 5.74) is -7.13. The van der Waals surface area contributed by atoms with Crippen molar-refractivity contribution < 1.29 is 62.6 Å². The number of aliphatic hydroxyl groups excluding tert-OH is 1. The van der Waals surface area contributed by atoms with Crippen LogP contribution >= 0.6 is 0 Å². The van der Waals surface area contributed by atoms with Crippen molar-refractivity contribution in [3.05, 3.63) is 71.5 Å². The van der Waals surface area contributed by atoms with E-state index in [1.165, 1.54) is 32.0 Å². The lowest BCUT2D eigenvalue weighted by Crippen LogP contribution is -2.46. The molecule has 0 aliphatic rings. The number of fused-ring (bicyclic) bond motifs is 1. The molecule has 2 aromatic heterocycles. The topological polar surface area (TPSA) is 135 Å². The maximum atomic E-state index is 14.1. The normalized spacial score (nSPS) is 13.2. The van der Waals surface area contributed by atoms with Crippen molar-refractivity contribution in [2.45, 2.75) is 42.8 Å². The van der Waals surface area contributed by atoms with Crippen LogP contribution in [0.5, 0.6) is 5.75 Å². The van der Waals surface area contributed by atoms with Gasteiger partial charge in [0.05, 0.1) is 34.5 Å². The first-order valence-corrected chi connectivity index (χ1v) is 14.4. The minimum absolute atomic E-state index is 0.138. The van der Waals surface area contributed by atoms with Gasteiger partial charge in [0.15, 0.2) is 17.9 Å². The largest absolute Gasteiger partial charge is 0.483 e. The van der Waals surface area contributed by atoms with Crippen molar-refractivity contribution in [2.24, 2.45) is 0 Å². The van der Waals surface area contributed by atoms with Gasteiger partial charge in [-0.05, 0) is 50.2 Å². The Labute approximate surface area is 259 Å². The first kappa shape index (κ1) is 35.4. The third kappa shape index (κ3) is 8.30. The van der Waals surface area contributed by atoms with Gasteiger partial charge in [-0.1, -0.05) is 12.1 Å². The number of rotatable bonds is 9. The standard InChI is InChI=1S/C27H22F9N5O5S/c1-24(2,12-42)40-47(44,45)16-5-3-4-15(9-16)38-23(43)17-11-37-41-21(27(34,35)36)10-19(39-22(17)41)14-6-7-18(26(31,32)33)20(8-14)46-13-25(28,29)30/h3-11,40,42H,12-13H2,1-2H3,(H,38,43). The molecule has 1 amide bonds. The number of carbonyl (C=O) groups excluding carboxylic acids is 1. The molecule has 0 unspecified atom stereocenters. The predicted octanol–water partition coefficient (Wildman–Crippen LogP) is 5.68. The highest BCUT2D eigenvalue weighted by Crippen LogP contribution is 2.40. The van der Waals surface area contributed by atoms with Gasteiger partial charge in [-0.15, -0.1) is 0 Å². The van der Waals surface area contributed by atoms with E-state index in [1.54, 1.807) is 0 Å². The zero-order chi connectivity index (χ0) is 35.2. The van der Waals surface area contributed by atoms with E-state index in [9.17, 15) is 57.8 Å². The number of alkyl halides is 9. The molecule has 47 heavy (non-hydrogen) atoms. The van der Waals surface area contributed by atoms with Crippen LogP contribution in [0, 0.1) is 0 Å². The van der Waals surface area contributed by atoms with Gasteiger partial charge in [0, 0.05) is 11.3 Å². The SMILES string of the molecule is CC(C)(CO)NS(=O)(=O)c1cccc(NC(=O)c2cnn3c(C(F)(F)F)cc(-c4ccc(C(F)(F)F)c(OCC(F)(F)F)c4)nc23)c1. The van der Waals surface area contributed by atoms with E-state index in [4.69, 9.17) is 0 Å². The molecular weight excluding hydrogens is 677 g/mol. The second-order valence-electron chi connectivity index (χ2n) is 10.6. The number of ether oxygens (including phenoxy) is 1. The minimum Gasteiger partial charge on any atom is -0.483 e. The molecule has 10 nitrogen and oxygen atoms in total. The number of amides is 1. The molecule has 0 saturated carbocycles. The van der Waals surface area contributed by atoms with E-state index in [1.807, 2.05) is 0 Å². The first-order valence-electron chi connectivity index (χ1n) is 12.9. The van der Waals surface area contributed by atoms with Crippen molar-refractivity contribution in [1.82, 2.24) is 19.3 Å². The average Bonchev–Trinajstić information content (AvgIpc) is 3.38. The third-order valence-electron chi connectivity index (χ3n) is 6.19. The molecule has 3 N–H and O–H groups in total. The Morgan fingerprint density at radius 2 is 1.64 bits per heavy atom. The van der Waals surface area contributed by atoms with Gasteiger partial charge in [-0.2, -0.15) is 44.6 Å². The monoisotopic (exact) mass is 699 g/mol. The van der Waals surface area contributed by atoms with Gasteiger partial charge in [0.1, 0.15) is 11.3 Å². The lowest BCUT2D eigenvalue weighted by Gasteiger charge is -2.23. The van der Waals surface area contributed by atoms with Gasteiger partial charge in [-0.25, -0.2) is 22.6 Å². The molecule has 2 heterocycles. The van der Waals surface area contributed by atoms with Crippen LogP contribution in [0.25, 0.3) is 16.9 Å². The second kappa shape index (κ2) is 12.3. The highest BCUT2D eigenvalue weighted by atomic mass is 32.2. The Bertz CT molecular complexity index is 1920. The van der Waals surface area contributed by atoms with E-state index in [-0.39, 0.29) is 15.1 Å². The minimum atomic E-state index is -5.19. The maximum Gasteiger partial charge on any atom is 0.433 e. The number of sulfonamides is 1. The number of hydrogen-bond acceptors (Lipinski definition) is 7. The summed E-state index contributed by atoms with van der Waals surface area (Å²) in [6.45, 7) is 0.114. The molecule has 0 spiro atoms. The van der Waals surface area contributed by atoms with Crippen LogP contribution in [0.15, 0.2) is 59.6 Å². The fraction of sp³-hybridized carbons (Fsp3) is 0.296. The molecule has 0 atom stereocenters. The number of nitrogens with zero attached hydrogens (tertiary/aromatic N) is 3. The van der Waals surface area contributed by atoms with Crippen LogP contribution in [-0.4, -0.2) is 59.0 Å². The number of halogens is 9. The summed E-state index contributed by atoms with van der Waals surface area (Å²) in [6.07, 6.45) is -14.7. The second-order valence-corrected chi connectivity index (χ2v) is 12.2. The number of aromatic nitrogens is 3. The van der Waals surface area contributed by atoms with Crippen molar-refractivity contribution >= 4 is 27.3 Å². The molecule has 0 fully saturated rings. The number of aliphatic hydroxyl groups is 1. The predicted molar refractivity (Wildman–Crippen MR) is 146 cm³/mol. The van der Waals surface area contributed by atoms with Gasteiger partial charge in [0.2, 0.25) is 10.0 Å². The molecule has 4 rings (SSSR count). The molecule has 0 saturated heterocycles. The van der Waals surface area contributed by atoms with Crippen LogP contribution in [0.3, 0.4) is 0 Å². The van der Waals surface area contributed by atoms with Crippen molar-refractivity contribution in [3.63, 3.8) is 0 Å². The lowest BCUT2D eigenvalue weighted by atomic mass is 10.1. The molecule has 0 bridgehead atoms. The van der Waals surface area contributed by atoms with Crippen LogP contribution in [0.4, 0.5) is 45.2 Å². The quantitative estimate of drug-likeness (QED) is 0.192. The molecular formula is C27H22F9N5O5S. The molecule has 254 valence electrons. The van der Waals surface area contributed by atoms with Crippen molar-refractivity contribution in [3.8, 4) is 17.0 Å². The Morgan fingerprint density at radius 3 is 2.23 bits per heavy atom. The Morgan fingerprint density at radius 1 is 0.957 bits per heavy atom. The highest BCUT2D eigenvalue weighted by molar-refractivity contribution is 7.89. The Kier molecular flexibility index (Phi) is 9.27. The number of benzene rings is 2. The van der Waals surface area contributed by atoms with Crippen LogP contribution in [-0.2, 0) is 22.4 Å². The smallest absolute Gasteiger partial charge is 0.433 e. The van der Waals surface area contributed by atoms with E-state index >= 15 is 0 Å². The van der Waals surface area contributed by atoms with Gasteiger partial charge in [0.25, 0.3) is 5.91 Å². The van der Waals surface area contributed by atoms with Gasteiger partial charge < -0.3 is 15.2 Å². The average molecular weight is 700 g/mol. The highest BCUT2D eigenvalue weighted by Gasteiger charge is 2.38. The molecule has 0 aliphatic heterocycles. The molecule has 0 aliphatic carbocycles. The fourth-order valence-electron chi connectivity index (χ4n) is 4.06. The summed E-state index contributed by atoms with van der Waals surface area (Å²) in [4.78, 5) is 16.8. The zero-order valence-corrected chi connectivity index (χ0v) is 24.7. The summed E-state index contributed by atoms with van der Waals surface area (Å²) in [6, 6.07) is 6.45. The van der Waals surface area contributed by atoms with Crippen molar-refractivity contribution in [2.75, 3.05) is 18.5 Å². The first-order chi connectivity index (χ1) is 21.5. The molecule has 4 aromatic rings. The zero-order valence-electron chi connectivity index (χ0n) is 23.8. The molecule has 0 radical (unpaired) electrons.